The Labute approximate surface area is 140 Å². The van der Waals surface area contributed by atoms with E-state index in [0.29, 0.717) is 18.3 Å². The van der Waals surface area contributed by atoms with Crippen LogP contribution in [0.5, 0.6) is 0 Å². The van der Waals surface area contributed by atoms with Gasteiger partial charge in [-0.15, -0.1) is 0 Å². The number of aliphatic hydroxyl groups is 1. The van der Waals surface area contributed by atoms with Gasteiger partial charge in [0.1, 0.15) is 0 Å². The number of allylic oxidation sites excluding steroid dienone is 3. The van der Waals surface area contributed by atoms with Crippen molar-refractivity contribution < 1.29 is 19.7 Å². The molecule has 0 bridgehead atoms. The second-order valence-corrected chi connectivity index (χ2v) is 6.47. The Bertz CT molecular complexity index is 376. The standard InChI is InChI=1S/C19H32O4/c1-2-3-6-10-18(20)13-12-17-15-23-14-16(17)9-7-4-5-8-11-19(21)22/h4,7-8,11,16-18,20H,2-3,5-6,9-10,12-15H2,1H3,(H,21,22)/t16-,17+,18?/m1/s1. The molecular formula is C19H32O4. The average Bonchev–Trinajstić information content (AvgIpc) is 2.96. The molecule has 4 nitrogen and oxygen atoms in total. The summed E-state index contributed by atoms with van der Waals surface area (Å²) in [5.74, 6) is 0.160. The second-order valence-electron chi connectivity index (χ2n) is 6.47. The average molecular weight is 324 g/mol. The van der Waals surface area contributed by atoms with Crippen molar-refractivity contribution in [2.45, 2.75) is 64.4 Å². The predicted octanol–water partition coefficient (Wildman–Crippen LogP) is 3.95. The normalized spacial score (nSPS) is 23.0. The number of unbranched alkanes of at least 4 members (excludes halogenated alkanes) is 2. The van der Waals surface area contributed by atoms with Crippen LogP contribution < -0.4 is 0 Å². The van der Waals surface area contributed by atoms with Gasteiger partial charge in [-0.25, -0.2) is 4.79 Å². The van der Waals surface area contributed by atoms with Crippen LogP contribution in [0.4, 0.5) is 0 Å². The summed E-state index contributed by atoms with van der Waals surface area (Å²) < 4.78 is 5.60. The lowest BCUT2D eigenvalue weighted by Crippen LogP contribution is -2.15. The molecule has 0 aromatic heterocycles. The molecule has 1 aliphatic rings. The Hall–Kier alpha value is -1.13. The second kappa shape index (κ2) is 12.3. The number of aliphatic carboxylic acids is 1. The first-order valence-corrected chi connectivity index (χ1v) is 8.93. The minimum Gasteiger partial charge on any atom is -0.478 e. The molecule has 0 saturated carbocycles. The molecule has 1 aliphatic heterocycles. The maximum Gasteiger partial charge on any atom is 0.327 e. The zero-order valence-corrected chi connectivity index (χ0v) is 14.3. The van der Waals surface area contributed by atoms with Crippen molar-refractivity contribution in [3.8, 4) is 0 Å². The van der Waals surface area contributed by atoms with Crippen molar-refractivity contribution in [3.05, 3.63) is 24.3 Å². The number of hydrogen-bond acceptors (Lipinski definition) is 3. The van der Waals surface area contributed by atoms with Crippen LogP contribution in [0.3, 0.4) is 0 Å². The quantitative estimate of drug-likeness (QED) is 0.324. The smallest absolute Gasteiger partial charge is 0.327 e. The highest BCUT2D eigenvalue weighted by atomic mass is 16.5. The Balaban J connectivity index is 2.20. The Morgan fingerprint density at radius 1 is 1.17 bits per heavy atom. The Morgan fingerprint density at radius 2 is 1.96 bits per heavy atom. The summed E-state index contributed by atoms with van der Waals surface area (Å²) in [6, 6.07) is 0. The zero-order valence-electron chi connectivity index (χ0n) is 14.3. The number of hydrogen-bond donors (Lipinski definition) is 2. The molecule has 1 rings (SSSR count). The summed E-state index contributed by atoms with van der Waals surface area (Å²) in [6.07, 6.45) is 14.7. The van der Waals surface area contributed by atoms with Gasteiger partial charge in [-0.2, -0.15) is 0 Å². The number of ether oxygens (including phenoxy) is 1. The topological polar surface area (TPSA) is 66.8 Å². The lowest BCUT2D eigenvalue weighted by Gasteiger charge is -2.18. The van der Waals surface area contributed by atoms with Crippen LogP contribution in [0.15, 0.2) is 24.3 Å². The van der Waals surface area contributed by atoms with E-state index < -0.39 is 5.97 Å². The number of rotatable bonds is 12. The predicted molar refractivity (Wildman–Crippen MR) is 92.3 cm³/mol. The first-order chi connectivity index (χ1) is 11.1. The van der Waals surface area contributed by atoms with E-state index in [1.165, 1.54) is 18.9 Å². The van der Waals surface area contributed by atoms with Gasteiger partial charge in [-0.1, -0.05) is 44.4 Å². The van der Waals surface area contributed by atoms with Crippen LogP contribution in [-0.2, 0) is 9.53 Å². The monoisotopic (exact) mass is 324 g/mol. The van der Waals surface area contributed by atoms with Crippen LogP contribution in [0.1, 0.15) is 58.3 Å². The van der Waals surface area contributed by atoms with Crippen LogP contribution in [0.2, 0.25) is 0 Å². The first kappa shape index (κ1) is 19.9. The Kier molecular flexibility index (Phi) is 10.7. The highest BCUT2D eigenvalue weighted by molar-refractivity contribution is 5.79. The van der Waals surface area contributed by atoms with Gasteiger partial charge in [0, 0.05) is 12.7 Å². The van der Waals surface area contributed by atoms with Gasteiger partial charge < -0.3 is 14.9 Å². The van der Waals surface area contributed by atoms with Gasteiger partial charge in [0.2, 0.25) is 0 Å². The molecule has 1 heterocycles. The van der Waals surface area contributed by atoms with Crippen molar-refractivity contribution >= 4 is 5.97 Å². The van der Waals surface area contributed by atoms with E-state index >= 15 is 0 Å². The molecule has 0 aromatic carbocycles. The molecule has 0 aliphatic carbocycles. The third kappa shape index (κ3) is 9.57. The van der Waals surface area contributed by atoms with E-state index in [0.717, 1.165) is 45.3 Å². The molecule has 0 amide bonds. The van der Waals surface area contributed by atoms with Crippen LogP contribution >= 0.6 is 0 Å². The maximum atomic E-state index is 10.3. The summed E-state index contributed by atoms with van der Waals surface area (Å²) in [6.45, 7) is 3.78. The van der Waals surface area contributed by atoms with E-state index in [-0.39, 0.29) is 6.10 Å². The molecule has 0 spiro atoms. The lowest BCUT2D eigenvalue weighted by atomic mass is 9.87. The number of carboxylic acid groups (broad SMARTS) is 1. The maximum absolute atomic E-state index is 10.3. The van der Waals surface area contributed by atoms with Crippen LogP contribution in [0, 0.1) is 11.8 Å². The van der Waals surface area contributed by atoms with Gasteiger partial charge in [0.25, 0.3) is 0 Å². The van der Waals surface area contributed by atoms with E-state index in [9.17, 15) is 9.90 Å². The van der Waals surface area contributed by atoms with Crippen LogP contribution in [0.25, 0.3) is 0 Å². The highest BCUT2D eigenvalue weighted by Gasteiger charge is 2.27. The lowest BCUT2D eigenvalue weighted by molar-refractivity contribution is -0.131. The SMILES string of the molecule is CCCCCC(O)CC[C@H]1COC[C@H]1CC=CCC=CC(=O)O. The molecule has 4 heteroatoms. The van der Waals surface area contributed by atoms with Crippen molar-refractivity contribution in [1.29, 1.82) is 0 Å². The molecule has 0 radical (unpaired) electrons. The fourth-order valence-corrected chi connectivity index (χ4v) is 3.02. The van der Waals surface area contributed by atoms with Gasteiger partial charge in [0.05, 0.1) is 12.7 Å². The largest absolute Gasteiger partial charge is 0.478 e. The highest BCUT2D eigenvalue weighted by Crippen LogP contribution is 2.29. The fraction of sp³-hybridized carbons (Fsp3) is 0.737. The summed E-state index contributed by atoms with van der Waals surface area (Å²) in [5.41, 5.74) is 0. The third-order valence-electron chi connectivity index (χ3n) is 4.48. The first-order valence-electron chi connectivity index (χ1n) is 8.93. The molecule has 1 unspecified atom stereocenters. The molecular weight excluding hydrogens is 292 g/mol. The van der Waals surface area contributed by atoms with E-state index in [4.69, 9.17) is 9.84 Å². The summed E-state index contributed by atoms with van der Waals surface area (Å²) in [7, 11) is 0. The van der Waals surface area contributed by atoms with Crippen molar-refractivity contribution in [2.24, 2.45) is 11.8 Å². The van der Waals surface area contributed by atoms with Gasteiger partial charge >= 0.3 is 5.97 Å². The molecule has 1 fully saturated rings. The fourth-order valence-electron chi connectivity index (χ4n) is 3.02. The molecule has 3 atom stereocenters. The number of carbonyl (C=O) groups is 1. The summed E-state index contributed by atoms with van der Waals surface area (Å²) in [5, 5.41) is 18.5. The van der Waals surface area contributed by atoms with Crippen molar-refractivity contribution in [2.75, 3.05) is 13.2 Å². The molecule has 132 valence electrons. The van der Waals surface area contributed by atoms with Gasteiger partial charge in [0.15, 0.2) is 0 Å². The van der Waals surface area contributed by atoms with Crippen molar-refractivity contribution in [1.82, 2.24) is 0 Å². The Morgan fingerprint density at radius 3 is 2.70 bits per heavy atom. The van der Waals surface area contributed by atoms with Crippen molar-refractivity contribution in [3.63, 3.8) is 0 Å². The van der Waals surface area contributed by atoms with E-state index in [1.54, 1.807) is 6.08 Å². The summed E-state index contributed by atoms with van der Waals surface area (Å²) >= 11 is 0. The minimum atomic E-state index is -0.903. The third-order valence-corrected chi connectivity index (χ3v) is 4.48. The number of aliphatic hydroxyl groups excluding tert-OH is 1. The van der Waals surface area contributed by atoms with E-state index in [2.05, 4.69) is 13.0 Å². The zero-order chi connectivity index (χ0) is 16.9. The molecule has 23 heavy (non-hydrogen) atoms. The molecule has 2 N–H and O–H groups in total. The van der Waals surface area contributed by atoms with Gasteiger partial charge in [-0.05, 0) is 43.9 Å². The van der Waals surface area contributed by atoms with E-state index in [1.807, 2.05) is 6.08 Å². The minimum absolute atomic E-state index is 0.167. The van der Waals surface area contributed by atoms with Crippen LogP contribution in [-0.4, -0.2) is 35.5 Å². The molecule has 1 saturated heterocycles. The number of carboxylic acids is 1. The van der Waals surface area contributed by atoms with Gasteiger partial charge in [-0.3, -0.25) is 0 Å². The molecule has 0 aromatic rings. The summed E-state index contributed by atoms with van der Waals surface area (Å²) in [4.78, 5) is 10.3.